The van der Waals surface area contributed by atoms with Crippen LogP contribution in [0.25, 0.3) is 22.4 Å². The van der Waals surface area contributed by atoms with E-state index < -0.39 is 23.6 Å². The minimum Gasteiger partial charge on any atom is -0.474 e. The van der Waals surface area contributed by atoms with Crippen molar-refractivity contribution in [2.24, 2.45) is 0 Å². The molecule has 1 aromatic heterocycles. The number of carboxylic acid groups (broad SMARTS) is 1. The molecule has 0 aliphatic heterocycles. The molecule has 9 heteroatoms. The molecule has 0 unspecified atom stereocenters. The molecule has 0 saturated heterocycles. The number of carbonyl (C=O) groups is 2. The van der Waals surface area contributed by atoms with Crippen molar-refractivity contribution in [2.75, 3.05) is 5.32 Å². The number of H-pyrrole nitrogens is 1. The normalized spacial score (nSPS) is 11.5. The Bertz CT molecular complexity index is 946. The number of fused-ring (bicyclic) bond motifs is 1. The second kappa shape index (κ2) is 5.93. The number of halogens is 3. The molecule has 3 N–H and O–H groups in total. The summed E-state index contributed by atoms with van der Waals surface area (Å²) in [4.78, 5) is 29.3. The lowest BCUT2D eigenvalue weighted by Crippen LogP contribution is -2.22. The van der Waals surface area contributed by atoms with Crippen molar-refractivity contribution in [1.29, 1.82) is 0 Å². The third-order valence-corrected chi connectivity index (χ3v) is 3.43. The van der Waals surface area contributed by atoms with E-state index in [0.29, 0.717) is 17.1 Å². The first-order valence-corrected chi connectivity index (χ1v) is 6.96. The maximum atomic E-state index is 12.9. The van der Waals surface area contributed by atoms with E-state index >= 15 is 0 Å². The van der Waals surface area contributed by atoms with Gasteiger partial charge in [-0.05, 0) is 30.3 Å². The van der Waals surface area contributed by atoms with Gasteiger partial charge < -0.3 is 15.4 Å². The summed E-state index contributed by atoms with van der Waals surface area (Å²) in [5.41, 5.74) is 0.0361. The van der Waals surface area contributed by atoms with Gasteiger partial charge >= 0.3 is 18.1 Å². The fourth-order valence-corrected chi connectivity index (χ4v) is 2.29. The highest BCUT2D eigenvalue weighted by atomic mass is 19.4. The van der Waals surface area contributed by atoms with Crippen LogP contribution in [0.15, 0.2) is 42.5 Å². The second-order valence-electron chi connectivity index (χ2n) is 5.12. The molecule has 2 aromatic carbocycles. The van der Waals surface area contributed by atoms with Gasteiger partial charge in [-0.1, -0.05) is 12.1 Å². The van der Waals surface area contributed by atoms with Crippen molar-refractivity contribution in [3.05, 3.63) is 48.0 Å². The molecule has 0 aliphatic carbocycles. The highest BCUT2D eigenvalue weighted by Gasteiger charge is 2.31. The summed E-state index contributed by atoms with van der Waals surface area (Å²) in [6, 6.07) is 9.55. The van der Waals surface area contributed by atoms with Gasteiger partial charge in [0.05, 0.1) is 22.3 Å². The number of aromatic nitrogens is 2. The number of nitrogens with zero attached hydrogens (tertiary/aromatic N) is 1. The largest absolute Gasteiger partial charge is 0.474 e. The van der Waals surface area contributed by atoms with Crippen LogP contribution in [0.1, 0.15) is 5.56 Å². The number of aromatic amines is 1. The first kappa shape index (κ1) is 16.5. The van der Waals surface area contributed by atoms with Crippen LogP contribution in [0.3, 0.4) is 0 Å². The van der Waals surface area contributed by atoms with Gasteiger partial charge in [0.2, 0.25) is 0 Å². The monoisotopic (exact) mass is 349 g/mol. The molecule has 0 aliphatic rings. The number of hydrogen-bond acceptors (Lipinski definition) is 3. The lowest BCUT2D eigenvalue weighted by Gasteiger charge is -2.12. The van der Waals surface area contributed by atoms with E-state index in [1.165, 1.54) is 0 Å². The Labute approximate surface area is 138 Å². The van der Waals surface area contributed by atoms with Crippen molar-refractivity contribution in [1.82, 2.24) is 9.97 Å². The van der Waals surface area contributed by atoms with E-state index in [4.69, 9.17) is 5.11 Å². The zero-order chi connectivity index (χ0) is 18.2. The van der Waals surface area contributed by atoms with Crippen molar-refractivity contribution in [2.45, 2.75) is 6.18 Å². The highest BCUT2D eigenvalue weighted by Crippen LogP contribution is 2.35. The number of para-hydroxylation sites is 2. The first-order valence-electron chi connectivity index (χ1n) is 6.96. The van der Waals surface area contributed by atoms with Crippen molar-refractivity contribution < 1.29 is 27.9 Å². The van der Waals surface area contributed by atoms with Crippen LogP contribution in [0.5, 0.6) is 0 Å². The number of carboxylic acids is 1. The van der Waals surface area contributed by atoms with Gasteiger partial charge in [0, 0.05) is 5.56 Å². The van der Waals surface area contributed by atoms with Gasteiger partial charge in [0.15, 0.2) is 0 Å². The molecule has 0 radical (unpaired) electrons. The number of imidazole rings is 1. The van der Waals surface area contributed by atoms with Gasteiger partial charge in [0.25, 0.3) is 0 Å². The van der Waals surface area contributed by atoms with E-state index in [0.717, 1.165) is 12.1 Å². The number of amides is 1. The minimum absolute atomic E-state index is 0.138. The molecule has 1 amide bonds. The quantitative estimate of drug-likeness (QED) is 0.619. The zero-order valence-electron chi connectivity index (χ0n) is 12.4. The molecular weight excluding hydrogens is 339 g/mol. The van der Waals surface area contributed by atoms with E-state index in [9.17, 15) is 22.8 Å². The van der Waals surface area contributed by atoms with Crippen molar-refractivity contribution >= 4 is 28.6 Å². The molecule has 3 rings (SSSR count). The van der Waals surface area contributed by atoms with Crippen molar-refractivity contribution in [3.8, 4) is 11.4 Å². The van der Waals surface area contributed by atoms with E-state index in [1.54, 1.807) is 24.3 Å². The molecule has 6 nitrogen and oxygen atoms in total. The van der Waals surface area contributed by atoms with Gasteiger partial charge in [-0.2, -0.15) is 13.2 Å². The molecule has 128 valence electrons. The SMILES string of the molecule is O=C(O)C(=O)Nc1cc(C(F)(F)F)ccc1-c1nc2ccccc2[nH]1. The molecule has 0 fully saturated rings. The lowest BCUT2D eigenvalue weighted by atomic mass is 10.1. The first-order chi connectivity index (χ1) is 11.8. The number of anilines is 1. The summed E-state index contributed by atoms with van der Waals surface area (Å²) in [7, 11) is 0. The van der Waals surface area contributed by atoms with E-state index in [1.807, 2.05) is 5.32 Å². The number of aliphatic carboxylic acids is 1. The van der Waals surface area contributed by atoms with Gasteiger partial charge in [-0.15, -0.1) is 0 Å². The Kier molecular flexibility index (Phi) is 3.91. The van der Waals surface area contributed by atoms with Gasteiger partial charge in [0.1, 0.15) is 5.82 Å². The summed E-state index contributed by atoms with van der Waals surface area (Å²) in [5, 5.41) is 10.7. The maximum Gasteiger partial charge on any atom is 0.416 e. The fraction of sp³-hybridized carbons (Fsp3) is 0.0625. The molecule has 0 bridgehead atoms. The van der Waals surface area contributed by atoms with Crippen LogP contribution in [-0.2, 0) is 15.8 Å². The maximum absolute atomic E-state index is 12.9. The molecule has 0 saturated carbocycles. The Morgan fingerprint density at radius 1 is 1.12 bits per heavy atom. The van der Waals surface area contributed by atoms with Crippen LogP contribution < -0.4 is 5.32 Å². The van der Waals surface area contributed by atoms with E-state index in [-0.39, 0.29) is 17.1 Å². The smallest absolute Gasteiger partial charge is 0.416 e. The predicted octanol–water partition coefficient (Wildman–Crippen LogP) is 3.27. The minimum atomic E-state index is -4.64. The van der Waals surface area contributed by atoms with E-state index in [2.05, 4.69) is 9.97 Å². The molecule has 25 heavy (non-hydrogen) atoms. The Balaban J connectivity index is 2.13. The summed E-state index contributed by atoms with van der Waals surface area (Å²) >= 11 is 0. The van der Waals surface area contributed by atoms with Crippen LogP contribution in [0, 0.1) is 0 Å². The predicted molar refractivity (Wildman–Crippen MR) is 82.8 cm³/mol. The lowest BCUT2D eigenvalue weighted by molar-refractivity contribution is -0.147. The van der Waals surface area contributed by atoms with Gasteiger partial charge in [-0.25, -0.2) is 9.78 Å². The Morgan fingerprint density at radius 2 is 1.84 bits per heavy atom. The molecular formula is C16H10F3N3O3. The summed E-state index contributed by atoms with van der Waals surface area (Å²) in [6.07, 6.45) is -4.64. The van der Waals surface area contributed by atoms with Crippen molar-refractivity contribution in [3.63, 3.8) is 0 Å². The topological polar surface area (TPSA) is 95.1 Å². The Hall–Kier alpha value is -3.36. The van der Waals surface area contributed by atoms with Crippen LogP contribution in [0.2, 0.25) is 0 Å². The standard InChI is InChI=1S/C16H10F3N3O3/c17-16(18,19)8-5-6-9(12(7-8)22-14(23)15(24)25)13-20-10-3-1-2-4-11(10)21-13/h1-7H,(H,20,21)(H,22,23)(H,24,25). The molecule has 0 atom stereocenters. The molecule has 1 heterocycles. The fourth-order valence-electron chi connectivity index (χ4n) is 2.29. The number of carbonyl (C=O) groups excluding carboxylic acids is 1. The second-order valence-corrected chi connectivity index (χ2v) is 5.12. The molecule has 3 aromatic rings. The highest BCUT2D eigenvalue weighted by molar-refractivity contribution is 6.36. The zero-order valence-corrected chi connectivity index (χ0v) is 12.4. The summed E-state index contributed by atoms with van der Waals surface area (Å²) in [5.74, 6) is -3.06. The third-order valence-electron chi connectivity index (χ3n) is 3.43. The average molecular weight is 349 g/mol. The third kappa shape index (κ3) is 3.30. The van der Waals surface area contributed by atoms with Crippen LogP contribution >= 0.6 is 0 Å². The number of alkyl halides is 3. The molecule has 0 spiro atoms. The number of benzene rings is 2. The van der Waals surface area contributed by atoms with Crippen LogP contribution in [0.4, 0.5) is 18.9 Å². The summed E-state index contributed by atoms with van der Waals surface area (Å²) in [6.45, 7) is 0. The Morgan fingerprint density at radius 3 is 2.48 bits per heavy atom. The number of nitrogens with one attached hydrogen (secondary N) is 2. The number of rotatable bonds is 2. The van der Waals surface area contributed by atoms with Gasteiger partial charge in [-0.3, -0.25) is 4.79 Å². The summed E-state index contributed by atoms with van der Waals surface area (Å²) < 4.78 is 38.7. The van der Waals surface area contributed by atoms with Crippen LogP contribution in [-0.4, -0.2) is 27.0 Å². The number of hydrogen-bond donors (Lipinski definition) is 3. The average Bonchev–Trinajstić information content (AvgIpc) is 2.97.